The molecule has 0 spiro atoms. The molecule has 2 rings (SSSR count). The van der Waals surface area contributed by atoms with Gasteiger partial charge in [0.05, 0.1) is 5.92 Å². The molecular weight excluding hydrogens is 259 g/mol. The number of alkyl halides is 3. The van der Waals surface area contributed by atoms with Crippen LogP contribution in [-0.2, 0) is 0 Å². The molecule has 1 aromatic rings. The van der Waals surface area contributed by atoms with Crippen LogP contribution in [0, 0.1) is 18.8 Å². The lowest BCUT2D eigenvalue weighted by Gasteiger charge is -2.36. The Morgan fingerprint density at radius 3 is 2.56 bits per heavy atom. The summed E-state index contributed by atoms with van der Waals surface area (Å²) in [5, 5.41) is 1.89. The van der Waals surface area contributed by atoms with Gasteiger partial charge in [0, 0.05) is 10.9 Å². The summed E-state index contributed by atoms with van der Waals surface area (Å²) in [5.41, 5.74) is 6.94. The smallest absolute Gasteiger partial charge is 0.324 e. The standard InChI is InChI=1S/C13H18F3NS/c1-8-6-9(7-18-8)12(17)10-4-2-3-5-11(10)13(14,15)16/h6-7,10-12H,2-5,17H2,1H3. The van der Waals surface area contributed by atoms with E-state index in [-0.39, 0.29) is 6.42 Å². The highest BCUT2D eigenvalue weighted by atomic mass is 32.1. The lowest BCUT2D eigenvalue weighted by molar-refractivity contribution is -0.198. The Bertz CT molecular complexity index is 399. The Morgan fingerprint density at radius 1 is 1.33 bits per heavy atom. The van der Waals surface area contributed by atoms with E-state index < -0.39 is 24.1 Å². The first-order valence-corrected chi connectivity index (χ1v) is 7.15. The molecule has 1 aromatic heterocycles. The van der Waals surface area contributed by atoms with Crippen LogP contribution in [0.15, 0.2) is 11.4 Å². The van der Waals surface area contributed by atoms with Crippen molar-refractivity contribution >= 4 is 11.3 Å². The second-order valence-corrected chi connectivity index (χ2v) is 6.23. The van der Waals surface area contributed by atoms with Crippen molar-refractivity contribution in [3.05, 3.63) is 21.9 Å². The Morgan fingerprint density at radius 2 is 2.00 bits per heavy atom. The third-order valence-electron chi connectivity index (χ3n) is 3.84. The molecule has 1 nitrogen and oxygen atoms in total. The van der Waals surface area contributed by atoms with Gasteiger partial charge < -0.3 is 5.73 Å². The number of nitrogens with two attached hydrogens (primary N) is 1. The molecule has 5 heteroatoms. The van der Waals surface area contributed by atoms with Crippen LogP contribution in [0.2, 0.25) is 0 Å². The van der Waals surface area contributed by atoms with Gasteiger partial charge in [-0.15, -0.1) is 11.3 Å². The van der Waals surface area contributed by atoms with E-state index in [0.29, 0.717) is 12.8 Å². The lowest BCUT2D eigenvalue weighted by atomic mass is 9.73. The number of aryl methyl sites for hydroxylation is 1. The van der Waals surface area contributed by atoms with Crippen molar-refractivity contribution in [1.82, 2.24) is 0 Å². The summed E-state index contributed by atoms with van der Waals surface area (Å²) in [7, 11) is 0. The third-order valence-corrected chi connectivity index (χ3v) is 4.72. The zero-order valence-electron chi connectivity index (χ0n) is 10.3. The molecule has 0 aromatic carbocycles. The summed E-state index contributed by atoms with van der Waals surface area (Å²) in [6.07, 6.45) is -1.79. The predicted octanol–water partition coefficient (Wildman–Crippen LogP) is 4.43. The third kappa shape index (κ3) is 2.88. The molecule has 1 aliphatic rings. The van der Waals surface area contributed by atoms with E-state index in [1.54, 1.807) is 11.3 Å². The number of thiophene rings is 1. The molecule has 18 heavy (non-hydrogen) atoms. The number of hydrogen-bond donors (Lipinski definition) is 1. The van der Waals surface area contributed by atoms with Gasteiger partial charge in [0.2, 0.25) is 0 Å². The van der Waals surface area contributed by atoms with Gasteiger partial charge in [0.15, 0.2) is 0 Å². The zero-order valence-corrected chi connectivity index (χ0v) is 11.2. The van der Waals surface area contributed by atoms with E-state index in [1.807, 2.05) is 18.4 Å². The molecule has 1 heterocycles. The summed E-state index contributed by atoms with van der Waals surface area (Å²) < 4.78 is 39.1. The highest BCUT2D eigenvalue weighted by molar-refractivity contribution is 7.10. The van der Waals surface area contributed by atoms with Crippen LogP contribution in [0.25, 0.3) is 0 Å². The van der Waals surface area contributed by atoms with Crippen LogP contribution in [0.3, 0.4) is 0 Å². The first-order valence-electron chi connectivity index (χ1n) is 6.27. The maximum Gasteiger partial charge on any atom is 0.392 e. The van der Waals surface area contributed by atoms with E-state index in [4.69, 9.17) is 5.73 Å². The van der Waals surface area contributed by atoms with Crippen molar-refractivity contribution in [1.29, 1.82) is 0 Å². The van der Waals surface area contributed by atoms with Gasteiger partial charge in [0.1, 0.15) is 0 Å². The Hall–Kier alpha value is -0.550. The van der Waals surface area contributed by atoms with Crippen LogP contribution in [0.5, 0.6) is 0 Å². The monoisotopic (exact) mass is 277 g/mol. The minimum atomic E-state index is -4.12. The van der Waals surface area contributed by atoms with E-state index in [9.17, 15) is 13.2 Å². The summed E-state index contributed by atoms with van der Waals surface area (Å²) in [4.78, 5) is 1.10. The van der Waals surface area contributed by atoms with Gasteiger partial charge >= 0.3 is 6.18 Å². The minimum absolute atomic E-state index is 0.227. The topological polar surface area (TPSA) is 26.0 Å². The van der Waals surface area contributed by atoms with Crippen molar-refractivity contribution in [3.63, 3.8) is 0 Å². The van der Waals surface area contributed by atoms with E-state index in [2.05, 4.69) is 0 Å². The zero-order chi connectivity index (χ0) is 13.3. The predicted molar refractivity (Wildman–Crippen MR) is 67.5 cm³/mol. The second kappa shape index (κ2) is 5.21. The highest BCUT2D eigenvalue weighted by Crippen LogP contribution is 2.46. The Kier molecular flexibility index (Phi) is 4.02. The average Bonchev–Trinajstić information content (AvgIpc) is 2.74. The van der Waals surface area contributed by atoms with Gasteiger partial charge in [0.25, 0.3) is 0 Å². The van der Waals surface area contributed by atoms with Crippen LogP contribution in [0.1, 0.15) is 42.2 Å². The second-order valence-electron chi connectivity index (χ2n) is 5.11. The van der Waals surface area contributed by atoms with Crippen LogP contribution >= 0.6 is 11.3 Å². The van der Waals surface area contributed by atoms with Crippen LogP contribution in [-0.4, -0.2) is 6.18 Å². The molecule has 102 valence electrons. The molecule has 2 N–H and O–H groups in total. The van der Waals surface area contributed by atoms with Crippen molar-refractivity contribution < 1.29 is 13.2 Å². The summed E-state index contributed by atoms with van der Waals surface area (Å²) in [6.45, 7) is 1.95. The summed E-state index contributed by atoms with van der Waals surface area (Å²) in [6, 6.07) is 1.43. The van der Waals surface area contributed by atoms with Gasteiger partial charge in [-0.05, 0) is 42.7 Å². The fourth-order valence-electron chi connectivity index (χ4n) is 2.88. The molecular formula is C13H18F3NS. The molecule has 0 radical (unpaired) electrons. The fraction of sp³-hybridized carbons (Fsp3) is 0.692. The van der Waals surface area contributed by atoms with Crippen molar-refractivity contribution in [2.24, 2.45) is 17.6 Å². The maximum absolute atomic E-state index is 13.0. The first-order chi connectivity index (χ1) is 8.39. The molecule has 0 aliphatic heterocycles. The highest BCUT2D eigenvalue weighted by Gasteiger charge is 2.47. The van der Waals surface area contributed by atoms with Crippen LogP contribution < -0.4 is 5.73 Å². The Labute approximate surface area is 109 Å². The molecule has 1 fully saturated rings. The molecule has 1 saturated carbocycles. The number of rotatable bonds is 2. The number of hydrogen-bond acceptors (Lipinski definition) is 2. The number of halogens is 3. The summed E-state index contributed by atoms with van der Waals surface area (Å²) >= 11 is 1.54. The largest absolute Gasteiger partial charge is 0.392 e. The average molecular weight is 277 g/mol. The SMILES string of the molecule is Cc1cc(C(N)C2CCCCC2C(F)(F)F)cs1. The molecule has 0 saturated heterocycles. The van der Waals surface area contributed by atoms with Crippen molar-refractivity contribution in [2.45, 2.75) is 44.8 Å². The quantitative estimate of drug-likeness (QED) is 0.850. The van der Waals surface area contributed by atoms with Crippen LogP contribution in [0.4, 0.5) is 13.2 Å². The molecule has 0 bridgehead atoms. The lowest BCUT2D eigenvalue weighted by Crippen LogP contribution is -2.38. The van der Waals surface area contributed by atoms with Crippen molar-refractivity contribution in [3.8, 4) is 0 Å². The van der Waals surface area contributed by atoms with Gasteiger partial charge in [-0.2, -0.15) is 13.2 Å². The molecule has 3 unspecified atom stereocenters. The molecule has 0 amide bonds. The fourth-order valence-corrected chi connectivity index (χ4v) is 3.63. The van der Waals surface area contributed by atoms with Gasteiger partial charge in [-0.3, -0.25) is 0 Å². The van der Waals surface area contributed by atoms with E-state index in [1.165, 1.54) is 0 Å². The molecule has 1 aliphatic carbocycles. The first kappa shape index (κ1) is 13.9. The minimum Gasteiger partial charge on any atom is -0.324 e. The van der Waals surface area contributed by atoms with Crippen molar-refractivity contribution in [2.75, 3.05) is 0 Å². The van der Waals surface area contributed by atoms with Gasteiger partial charge in [-0.25, -0.2) is 0 Å². The Balaban J connectivity index is 2.18. The van der Waals surface area contributed by atoms with Gasteiger partial charge in [-0.1, -0.05) is 12.8 Å². The van der Waals surface area contributed by atoms with E-state index in [0.717, 1.165) is 16.9 Å². The molecule has 3 atom stereocenters. The maximum atomic E-state index is 13.0. The normalized spacial score (nSPS) is 27.2. The summed E-state index contributed by atoms with van der Waals surface area (Å²) in [5.74, 6) is -1.70. The van der Waals surface area contributed by atoms with E-state index >= 15 is 0 Å².